The van der Waals surface area contributed by atoms with Crippen LogP contribution in [0.4, 0.5) is 0 Å². The molecule has 12 amide bonds. The topological polar surface area (TPSA) is 262 Å². The van der Waals surface area contributed by atoms with E-state index < -0.39 is 70.9 Å². The molecule has 20 bridgehead atoms. The summed E-state index contributed by atoms with van der Waals surface area (Å²) in [5, 5.41) is 0. The average Bonchev–Trinajstić information content (AvgIpc) is 4.37. The number of nitrogens with zero attached hydrogens (tertiary/aromatic N) is 8. The van der Waals surface area contributed by atoms with Crippen LogP contribution in [0.5, 0.6) is 0 Å². The molecule has 402 valence electrons. The molecule has 15 rings (SSSR count). The molecule has 6 aromatic rings. The zero-order valence-corrected chi connectivity index (χ0v) is 42.9. The average molecular weight is 1090 g/mol. The first-order chi connectivity index (χ1) is 38.6. The quantitative estimate of drug-likeness (QED) is 0.197. The fourth-order valence-electron chi connectivity index (χ4n) is 12.2. The van der Waals surface area contributed by atoms with Crippen LogP contribution in [0.1, 0.15) is 124 Å². The summed E-state index contributed by atoms with van der Waals surface area (Å²) in [5.74, 6) is -6.96. The number of carbonyl (C=O) groups excluding carboxylic acids is 12. The number of imide groups is 6. The fourth-order valence-corrected chi connectivity index (χ4v) is 12.2. The van der Waals surface area contributed by atoms with E-state index in [0.717, 1.165) is 29.4 Å². The van der Waals surface area contributed by atoms with Gasteiger partial charge < -0.3 is 5.48 Å². The highest BCUT2D eigenvalue weighted by Crippen LogP contribution is 2.37. The predicted molar refractivity (Wildman–Crippen MR) is 284 cm³/mol. The molecule has 0 aromatic heterocycles. The minimum Gasteiger partial charge on any atom is -0.412 e. The number of hydrogen-bond acceptors (Lipinski definition) is 14. The predicted octanol–water partition coefficient (Wildman–Crippen LogP) is 3.47. The van der Waals surface area contributed by atoms with E-state index in [-0.39, 0.29) is 151 Å². The molecule has 21 heteroatoms. The van der Waals surface area contributed by atoms with E-state index in [1.807, 2.05) is 0 Å². The Labute approximate surface area is 459 Å². The molecule has 0 aliphatic carbocycles. The normalized spacial score (nSPS) is 20.3. The fraction of sp³-hybridized carbons (Fsp3) is 0.200. The van der Waals surface area contributed by atoms with Gasteiger partial charge in [0, 0.05) is 78.5 Å². The van der Waals surface area contributed by atoms with Crippen LogP contribution in [-0.4, -0.2) is 194 Å². The second-order valence-electron chi connectivity index (χ2n) is 20.8. The second-order valence-corrected chi connectivity index (χ2v) is 20.8. The number of hydrogen-bond donors (Lipinski definition) is 0. The summed E-state index contributed by atoms with van der Waals surface area (Å²) < 4.78 is 0. The first kappa shape index (κ1) is 50.5. The smallest absolute Gasteiger partial charge is 0.261 e. The zero-order chi connectivity index (χ0) is 55.2. The van der Waals surface area contributed by atoms with Crippen LogP contribution in [0, 0.1) is 0 Å². The van der Waals surface area contributed by atoms with Crippen molar-refractivity contribution in [2.45, 2.75) is 0 Å². The summed E-state index contributed by atoms with van der Waals surface area (Å²) >= 11 is 0. The molecule has 2 N–H and O–H groups in total. The highest BCUT2D eigenvalue weighted by Gasteiger charge is 2.43. The Morgan fingerprint density at radius 1 is 0.185 bits per heavy atom. The molecule has 81 heavy (non-hydrogen) atoms. The Hall–Kier alpha value is -9.96. The van der Waals surface area contributed by atoms with Gasteiger partial charge in [-0.15, -0.1) is 0 Å². The van der Waals surface area contributed by atoms with E-state index in [1.54, 1.807) is 82.6 Å². The number of amides is 12. The number of carbonyl (C=O) groups is 12. The van der Waals surface area contributed by atoms with Crippen LogP contribution in [0.15, 0.2) is 109 Å². The lowest BCUT2D eigenvalue weighted by Gasteiger charge is -2.28. The summed E-state index contributed by atoms with van der Waals surface area (Å²) in [4.78, 5) is 179. The molecule has 9 heterocycles. The summed E-state index contributed by atoms with van der Waals surface area (Å²) in [6, 6.07) is 28.2. The highest BCUT2D eigenvalue weighted by molar-refractivity contribution is 6.26. The van der Waals surface area contributed by atoms with Crippen molar-refractivity contribution in [3.63, 3.8) is 0 Å². The maximum Gasteiger partial charge on any atom is 0.261 e. The maximum absolute atomic E-state index is 14.2. The van der Waals surface area contributed by atoms with Crippen molar-refractivity contribution in [3.8, 4) is 33.4 Å². The van der Waals surface area contributed by atoms with Crippen LogP contribution in [0.25, 0.3) is 33.4 Å². The molecule has 0 unspecified atom stereocenters. The Bertz CT molecular complexity index is 3370. The lowest BCUT2D eigenvalue weighted by molar-refractivity contribution is 0.0564. The van der Waals surface area contributed by atoms with Gasteiger partial charge in [0.15, 0.2) is 0 Å². The zero-order valence-electron chi connectivity index (χ0n) is 42.9. The van der Waals surface area contributed by atoms with Gasteiger partial charge in [0.1, 0.15) is 0 Å². The summed E-state index contributed by atoms with van der Waals surface area (Å²) in [6.07, 6.45) is 0. The molecule has 9 aliphatic rings. The SMILES string of the molecule is O.O=C1c2ccc3cc2C(=O)N1CCN1CCN2C(=O)c4ccc(cc4C2=O)-c2ccc4c(c2)C(=O)N(CCN(CCN2C(=O)c5ccc-3cc5C2=O)CCN2C(=O)c3ccc(cc3C2=O)-c2ccc3c(c2)C(=O)N(CC1)C3=O)C4=O. The van der Waals surface area contributed by atoms with Crippen molar-refractivity contribution in [2.75, 3.05) is 78.5 Å². The van der Waals surface area contributed by atoms with Crippen molar-refractivity contribution in [1.29, 1.82) is 0 Å². The molecule has 0 fully saturated rings. The Kier molecular flexibility index (Phi) is 11.6. The molecule has 0 atom stereocenters. The van der Waals surface area contributed by atoms with Gasteiger partial charge in [0.05, 0.1) is 66.8 Å². The Morgan fingerprint density at radius 2 is 0.321 bits per heavy atom. The summed E-state index contributed by atoms with van der Waals surface area (Å²) in [6.45, 7) is -1.07. The number of rotatable bonds is 0. The van der Waals surface area contributed by atoms with E-state index in [1.165, 1.54) is 36.4 Å². The van der Waals surface area contributed by atoms with Gasteiger partial charge in [0.2, 0.25) is 0 Å². The van der Waals surface area contributed by atoms with Gasteiger partial charge in [-0.2, -0.15) is 0 Å². The van der Waals surface area contributed by atoms with Crippen LogP contribution < -0.4 is 0 Å². The van der Waals surface area contributed by atoms with E-state index >= 15 is 0 Å². The monoisotopic (exact) mass is 1080 g/mol. The minimum absolute atomic E-state index is 0. The van der Waals surface area contributed by atoms with Crippen molar-refractivity contribution in [3.05, 3.63) is 176 Å². The molecular formula is C60H44N8O13. The van der Waals surface area contributed by atoms with Crippen LogP contribution in [0.3, 0.4) is 0 Å². The van der Waals surface area contributed by atoms with Crippen molar-refractivity contribution < 1.29 is 63.0 Å². The molecule has 0 saturated carbocycles. The van der Waals surface area contributed by atoms with E-state index in [9.17, 15) is 57.5 Å². The minimum atomic E-state index is -0.593. The van der Waals surface area contributed by atoms with Gasteiger partial charge >= 0.3 is 0 Å². The number of benzene rings is 6. The Balaban J connectivity index is 0.00000618. The molecular weight excluding hydrogens is 1040 g/mol. The summed E-state index contributed by atoms with van der Waals surface area (Å²) in [7, 11) is 0. The van der Waals surface area contributed by atoms with Crippen molar-refractivity contribution in [2.24, 2.45) is 0 Å². The van der Waals surface area contributed by atoms with Gasteiger partial charge in [0.25, 0.3) is 70.9 Å². The second kappa shape index (κ2) is 18.6. The molecule has 0 spiro atoms. The molecule has 0 radical (unpaired) electrons. The largest absolute Gasteiger partial charge is 0.412 e. The van der Waals surface area contributed by atoms with Gasteiger partial charge in [-0.25, -0.2) is 0 Å². The third kappa shape index (κ3) is 7.64. The molecule has 0 saturated heterocycles. The standard InChI is InChI=1S/C60H42N8O12.H2O/c69-49-37-7-1-31-25-43(37)55(75)63(49)19-13-61-15-21-65-51(71)39-9-3-33(27-45(39)57(65)77)35-5-11-41-47(29-35)59(79)67(53(41)73)23-17-62(14-20-64-50(70)38-8-2-32(31)26-44(38)56(64)76)18-24-68-54(74)42-12-6-36(30-48(42)60(68)80)34-4-10-40-46(28-34)58(78)66(22-16-61)52(40)72;/h1-12,25-30H,13-24H2;1H2. The first-order valence-corrected chi connectivity index (χ1v) is 26.1. The lowest BCUT2D eigenvalue weighted by Crippen LogP contribution is -2.45. The van der Waals surface area contributed by atoms with E-state index in [4.69, 9.17) is 0 Å². The van der Waals surface area contributed by atoms with Gasteiger partial charge in [-0.05, 0) is 106 Å². The summed E-state index contributed by atoms with van der Waals surface area (Å²) in [5.41, 5.74) is 4.35. The molecule has 21 nitrogen and oxygen atoms in total. The van der Waals surface area contributed by atoms with Gasteiger partial charge in [-0.1, -0.05) is 36.4 Å². The lowest BCUT2D eigenvalue weighted by atomic mass is 9.97. The highest BCUT2D eigenvalue weighted by atomic mass is 16.2. The van der Waals surface area contributed by atoms with E-state index in [0.29, 0.717) is 33.4 Å². The molecule has 9 aliphatic heterocycles. The Morgan fingerprint density at radius 3 is 0.469 bits per heavy atom. The first-order valence-electron chi connectivity index (χ1n) is 26.1. The molecule has 6 aromatic carbocycles. The van der Waals surface area contributed by atoms with Crippen molar-refractivity contribution in [1.82, 2.24) is 39.2 Å². The van der Waals surface area contributed by atoms with Crippen LogP contribution in [0.2, 0.25) is 0 Å². The van der Waals surface area contributed by atoms with Gasteiger partial charge in [-0.3, -0.25) is 96.7 Å². The third-order valence-electron chi connectivity index (χ3n) is 16.7. The van der Waals surface area contributed by atoms with E-state index in [2.05, 4.69) is 0 Å². The van der Waals surface area contributed by atoms with Crippen molar-refractivity contribution >= 4 is 70.9 Å². The third-order valence-corrected chi connectivity index (χ3v) is 16.7. The van der Waals surface area contributed by atoms with Crippen LogP contribution >= 0.6 is 0 Å². The maximum atomic E-state index is 14.2. The number of fused-ring (bicyclic) bond motifs is 6. The van der Waals surface area contributed by atoms with Crippen LogP contribution in [-0.2, 0) is 0 Å².